The molecular weight excluding hydrogens is 236 g/mol. The van der Waals surface area contributed by atoms with E-state index >= 15 is 0 Å². The summed E-state index contributed by atoms with van der Waals surface area (Å²) in [6.07, 6.45) is 4.50. The number of carbonyl (C=O) groups excluding carboxylic acids is 1. The number of aliphatic hydroxyl groups excluding tert-OH is 1. The minimum Gasteiger partial charge on any atom is -0.504 e. The second kappa shape index (κ2) is 6.36. The van der Waals surface area contributed by atoms with Gasteiger partial charge < -0.3 is 5.11 Å². The summed E-state index contributed by atoms with van der Waals surface area (Å²) in [5.41, 5.74) is 1.71. The molecule has 94 valence electrons. The highest BCUT2D eigenvalue weighted by Gasteiger charge is 2.02. The molecule has 0 saturated heterocycles. The largest absolute Gasteiger partial charge is 0.504 e. The number of hydrogen-bond donors (Lipinski definition) is 1. The lowest BCUT2D eigenvalue weighted by Gasteiger charge is -1.96. The normalized spacial score (nSPS) is 11.7. The molecule has 0 aromatic heterocycles. The molecule has 2 heteroatoms. The number of allylic oxidation sites excluding steroid dienone is 1. The second-order valence-electron chi connectivity index (χ2n) is 4.05. The first-order valence-electron chi connectivity index (χ1n) is 5.99. The maximum atomic E-state index is 11.7. The quantitative estimate of drug-likeness (QED) is 0.660. The Balaban J connectivity index is 2.08. The number of ketones is 1. The van der Waals surface area contributed by atoms with Gasteiger partial charge in [-0.25, -0.2) is 0 Å². The molecule has 0 heterocycles. The van der Waals surface area contributed by atoms with E-state index < -0.39 is 5.78 Å². The van der Waals surface area contributed by atoms with Gasteiger partial charge in [-0.15, -0.1) is 0 Å². The van der Waals surface area contributed by atoms with Gasteiger partial charge in [0.05, 0.1) is 0 Å². The van der Waals surface area contributed by atoms with Crippen LogP contribution in [0.4, 0.5) is 0 Å². The van der Waals surface area contributed by atoms with Gasteiger partial charge in [0.2, 0.25) is 5.78 Å². The summed E-state index contributed by atoms with van der Waals surface area (Å²) >= 11 is 0. The molecule has 0 spiro atoms. The fraction of sp³-hybridized carbons (Fsp3) is 0. The highest BCUT2D eigenvalue weighted by atomic mass is 16.3. The van der Waals surface area contributed by atoms with Crippen LogP contribution in [0, 0.1) is 0 Å². The smallest absolute Gasteiger partial charge is 0.220 e. The molecule has 2 rings (SSSR count). The zero-order valence-corrected chi connectivity index (χ0v) is 10.4. The Morgan fingerprint density at radius 3 is 1.95 bits per heavy atom. The van der Waals surface area contributed by atoms with Crippen molar-refractivity contribution in [3.8, 4) is 0 Å². The Bertz CT molecular complexity index is 596. The van der Waals surface area contributed by atoms with Gasteiger partial charge in [0, 0.05) is 0 Å². The molecule has 0 saturated carbocycles. The molecule has 0 bridgehead atoms. The zero-order valence-electron chi connectivity index (χ0n) is 10.4. The summed E-state index contributed by atoms with van der Waals surface area (Å²) in [6, 6.07) is 18.7. The van der Waals surface area contributed by atoms with Crippen LogP contribution in [-0.4, -0.2) is 10.9 Å². The summed E-state index contributed by atoms with van der Waals surface area (Å²) in [6.45, 7) is 0. The van der Waals surface area contributed by atoms with Crippen LogP contribution in [0.5, 0.6) is 0 Å². The van der Waals surface area contributed by atoms with Crippen LogP contribution >= 0.6 is 0 Å². The number of benzene rings is 2. The number of hydrogen-bond acceptors (Lipinski definition) is 2. The fourth-order valence-electron chi connectivity index (χ4n) is 1.60. The van der Waals surface area contributed by atoms with E-state index in [0.29, 0.717) is 0 Å². The summed E-state index contributed by atoms with van der Waals surface area (Å²) < 4.78 is 0. The fourth-order valence-corrected chi connectivity index (χ4v) is 1.60. The van der Waals surface area contributed by atoms with Crippen LogP contribution in [0.2, 0.25) is 0 Å². The summed E-state index contributed by atoms with van der Waals surface area (Å²) in [5, 5.41) is 9.71. The third-order valence-electron chi connectivity index (χ3n) is 2.58. The van der Waals surface area contributed by atoms with Gasteiger partial charge in [-0.3, -0.25) is 4.79 Å². The first kappa shape index (κ1) is 12.8. The maximum absolute atomic E-state index is 11.7. The van der Waals surface area contributed by atoms with Gasteiger partial charge >= 0.3 is 0 Å². The maximum Gasteiger partial charge on any atom is 0.220 e. The first-order chi connectivity index (χ1) is 9.25. The van der Waals surface area contributed by atoms with Crippen LogP contribution in [0.1, 0.15) is 11.1 Å². The van der Waals surface area contributed by atoms with Crippen LogP contribution < -0.4 is 0 Å². The van der Waals surface area contributed by atoms with Crippen molar-refractivity contribution in [3.05, 3.63) is 83.6 Å². The van der Waals surface area contributed by atoms with Crippen LogP contribution in [-0.2, 0) is 4.79 Å². The van der Waals surface area contributed by atoms with Gasteiger partial charge in [0.15, 0.2) is 5.76 Å². The number of carbonyl (C=O) groups is 1. The molecule has 0 fully saturated rings. The average Bonchev–Trinajstić information content (AvgIpc) is 2.47. The molecule has 2 aromatic rings. The highest BCUT2D eigenvalue weighted by molar-refractivity contribution is 6.07. The Hall–Kier alpha value is -2.61. The van der Waals surface area contributed by atoms with Gasteiger partial charge in [0.1, 0.15) is 0 Å². The van der Waals surface area contributed by atoms with Crippen molar-refractivity contribution >= 4 is 17.9 Å². The Labute approximate surface area is 112 Å². The molecule has 2 nitrogen and oxygen atoms in total. The van der Waals surface area contributed by atoms with Crippen molar-refractivity contribution in [3.63, 3.8) is 0 Å². The van der Waals surface area contributed by atoms with E-state index in [0.717, 1.165) is 11.1 Å². The summed E-state index contributed by atoms with van der Waals surface area (Å²) in [7, 11) is 0. The van der Waals surface area contributed by atoms with Crippen LogP contribution in [0.3, 0.4) is 0 Å². The predicted molar refractivity (Wildman–Crippen MR) is 77.5 cm³/mol. The summed E-state index contributed by atoms with van der Waals surface area (Å²) in [5.74, 6) is -0.675. The molecule has 0 atom stereocenters. The van der Waals surface area contributed by atoms with Crippen LogP contribution in [0.15, 0.2) is 72.5 Å². The summed E-state index contributed by atoms with van der Waals surface area (Å²) in [4.78, 5) is 11.7. The SMILES string of the molecule is O=C(C=Cc1ccccc1)C(O)=Cc1ccccc1. The third kappa shape index (κ3) is 3.96. The van der Waals surface area contributed by atoms with E-state index in [2.05, 4.69) is 0 Å². The lowest BCUT2D eigenvalue weighted by Crippen LogP contribution is -1.96. The molecule has 2 aromatic carbocycles. The zero-order chi connectivity index (χ0) is 13.5. The van der Waals surface area contributed by atoms with Gasteiger partial charge in [0.25, 0.3) is 0 Å². The van der Waals surface area contributed by atoms with Gasteiger partial charge in [-0.2, -0.15) is 0 Å². The monoisotopic (exact) mass is 250 g/mol. The standard InChI is InChI=1S/C17H14O2/c18-16(12-11-14-7-3-1-4-8-14)17(19)13-15-9-5-2-6-10-15/h1-13,19H. The molecule has 0 aliphatic carbocycles. The highest BCUT2D eigenvalue weighted by Crippen LogP contribution is 2.07. The lowest BCUT2D eigenvalue weighted by molar-refractivity contribution is -0.113. The Kier molecular flexibility index (Phi) is 4.29. The minimum absolute atomic E-state index is 0.265. The molecule has 1 N–H and O–H groups in total. The molecule has 19 heavy (non-hydrogen) atoms. The first-order valence-corrected chi connectivity index (χ1v) is 5.99. The molecule has 0 amide bonds. The van der Waals surface area contributed by atoms with Crippen molar-refractivity contribution in [2.75, 3.05) is 0 Å². The Morgan fingerprint density at radius 2 is 1.37 bits per heavy atom. The molecule has 0 aliphatic heterocycles. The van der Waals surface area contributed by atoms with Crippen molar-refractivity contribution in [1.82, 2.24) is 0 Å². The van der Waals surface area contributed by atoms with Gasteiger partial charge in [-0.05, 0) is 23.3 Å². The van der Waals surface area contributed by atoms with E-state index in [1.165, 1.54) is 12.2 Å². The molecule has 0 aliphatic rings. The van der Waals surface area contributed by atoms with Crippen molar-refractivity contribution < 1.29 is 9.90 Å². The van der Waals surface area contributed by atoms with E-state index in [1.54, 1.807) is 6.08 Å². The lowest BCUT2D eigenvalue weighted by atomic mass is 10.1. The van der Waals surface area contributed by atoms with Crippen molar-refractivity contribution in [1.29, 1.82) is 0 Å². The van der Waals surface area contributed by atoms with Crippen LogP contribution in [0.25, 0.3) is 12.2 Å². The molecule has 0 radical (unpaired) electrons. The second-order valence-corrected chi connectivity index (χ2v) is 4.05. The van der Waals surface area contributed by atoms with Crippen molar-refractivity contribution in [2.24, 2.45) is 0 Å². The number of rotatable bonds is 4. The van der Waals surface area contributed by atoms with E-state index in [4.69, 9.17) is 0 Å². The molecule has 0 unspecified atom stereocenters. The van der Waals surface area contributed by atoms with E-state index in [9.17, 15) is 9.90 Å². The average molecular weight is 250 g/mol. The van der Waals surface area contributed by atoms with Crippen molar-refractivity contribution in [2.45, 2.75) is 0 Å². The van der Waals surface area contributed by atoms with Gasteiger partial charge in [-0.1, -0.05) is 66.7 Å². The predicted octanol–water partition coefficient (Wildman–Crippen LogP) is 3.87. The minimum atomic E-state index is -0.410. The molecular formula is C17H14O2. The third-order valence-corrected chi connectivity index (χ3v) is 2.58. The number of aliphatic hydroxyl groups is 1. The topological polar surface area (TPSA) is 37.3 Å². The Morgan fingerprint density at radius 1 is 0.842 bits per heavy atom. The van der Waals surface area contributed by atoms with E-state index in [1.807, 2.05) is 60.7 Å². The van der Waals surface area contributed by atoms with E-state index in [-0.39, 0.29) is 5.76 Å².